The predicted octanol–water partition coefficient (Wildman–Crippen LogP) is -8.21. The fourth-order valence-corrected chi connectivity index (χ4v) is 0. The zero-order chi connectivity index (χ0) is 10.7. The normalized spacial score (nSPS) is 6.00. The SMILES string of the molecule is O=C([O-])O.OB(O)O.OB(O)O.[Na+]. The molecular formula is CH7B2NaO9. The van der Waals surface area contributed by atoms with Crippen LogP contribution in [0.25, 0.3) is 0 Å². The molecule has 0 fully saturated rings. The second-order valence-corrected chi connectivity index (χ2v) is 0.959. The summed E-state index contributed by atoms with van der Waals surface area (Å²) in [5, 5.41) is 58.3. The Hall–Kier alpha value is 0.160. The fraction of sp³-hybridized carbons (Fsp3) is 0. The molecule has 72 valence electrons. The molecule has 12 heteroatoms. The van der Waals surface area contributed by atoms with Crippen molar-refractivity contribution in [3.05, 3.63) is 0 Å². The first-order valence-corrected chi connectivity index (χ1v) is 2.18. The molecule has 0 saturated carbocycles. The van der Waals surface area contributed by atoms with Gasteiger partial charge in [0.05, 0.1) is 0 Å². The molecule has 0 amide bonds. The van der Waals surface area contributed by atoms with Crippen LogP contribution in [0.3, 0.4) is 0 Å². The number of carbonyl (C=O) groups is 1. The van der Waals surface area contributed by atoms with Gasteiger partial charge in [0.2, 0.25) is 6.16 Å². The molecule has 0 spiro atoms. The van der Waals surface area contributed by atoms with Crippen LogP contribution in [0.15, 0.2) is 0 Å². The third-order valence-electron chi connectivity index (χ3n) is 0. The topological polar surface area (TPSA) is 182 Å². The Labute approximate surface area is 95.5 Å². The van der Waals surface area contributed by atoms with Gasteiger partial charge in [-0.2, -0.15) is 0 Å². The number of rotatable bonds is 0. The maximum absolute atomic E-state index is 8.44. The Kier molecular flexibility index (Phi) is 32.2. The van der Waals surface area contributed by atoms with E-state index >= 15 is 0 Å². The van der Waals surface area contributed by atoms with Crippen LogP contribution in [-0.4, -0.2) is 56.0 Å². The molecule has 0 bridgehead atoms. The maximum atomic E-state index is 8.44. The minimum Gasteiger partial charge on any atom is -0.565 e. The van der Waals surface area contributed by atoms with Gasteiger partial charge < -0.3 is 45.2 Å². The quantitative estimate of drug-likeness (QED) is 0.190. The molecule has 0 atom stereocenters. The van der Waals surface area contributed by atoms with Crippen molar-refractivity contribution >= 4 is 20.8 Å². The third-order valence-corrected chi connectivity index (χ3v) is 0. The summed E-state index contributed by atoms with van der Waals surface area (Å²) in [6.45, 7) is 0. The maximum Gasteiger partial charge on any atom is 1.00 e. The largest absolute Gasteiger partial charge is 1.00 e. The van der Waals surface area contributed by atoms with E-state index in [0.29, 0.717) is 0 Å². The summed E-state index contributed by atoms with van der Waals surface area (Å²) in [4.78, 5) is 8.44. The van der Waals surface area contributed by atoms with Gasteiger partial charge in [0.15, 0.2) is 0 Å². The summed E-state index contributed by atoms with van der Waals surface area (Å²) < 4.78 is 0. The van der Waals surface area contributed by atoms with Crippen molar-refractivity contribution in [1.29, 1.82) is 0 Å². The summed E-state index contributed by atoms with van der Waals surface area (Å²) in [7, 11) is -4.33. The van der Waals surface area contributed by atoms with Crippen molar-refractivity contribution in [1.82, 2.24) is 0 Å². The molecule has 0 rings (SSSR count). The molecule has 0 heterocycles. The van der Waals surface area contributed by atoms with E-state index in [4.69, 9.17) is 45.2 Å². The summed E-state index contributed by atoms with van der Waals surface area (Å²) >= 11 is 0. The summed E-state index contributed by atoms with van der Waals surface area (Å²) in [5.74, 6) is 0. The second-order valence-electron chi connectivity index (χ2n) is 0.959. The molecule has 0 aliphatic heterocycles. The van der Waals surface area contributed by atoms with Crippen LogP contribution >= 0.6 is 0 Å². The van der Waals surface area contributed by atoms with Crippen LogP contribution < -0.4 is 34.7 Å². The number of hydrogen-bond donors (Lipinski definition) is 7. The van der Waals surface area contributed by atoms with Gasteiger partial charge in [0.1, 0.15) is 0 Å². The van der Waals surface area contributed by atoms with E-state index in [1.54, 1.807) is 0 Å². The molecule has 0 aliphatic carbocycles. The van der Waals surface area contributed by atoms with Crippen molar-refractivity contribution in [3.8, 4) is 0 Å². The Morgan fingerprint density at radius 3 is 0.923 bits per heavy atom. The minimum absolute atomic E-state index is 0. The van der Waals surface area contributed by atoms with Gasteiger partial charge in [0.25, 0.3) is 0 Å². The average Bonchev–Trinajstić information content (AvgIpc) is 1.54. The van der Waals surface area contributed by atoms with Crippen LogP contribution in [-0.2, 0) is 0 Å². The van der Waals surface area contributed by atoms with Gasteiger partial charge in [-0.25, -0.2) is 0 Å². The van der Waals surface area contributed by atoms with E-state index in [9.17, 15) is 0 Å². The second kappa shape index (κ2) is 18.0. The Morgan fingerprint density at radius 2 is 0.923 bits per heavy atom. The van der Waals surface area contributed by atoms with Gasteiger partial charge in [-0.15, -0.1) is 0 Å². The zero-order valence-electron chi connectivity index (χ0n) is 6.60. The van der Waals surface area contributed by atoms with Crippen LogP contribution in [0, 0.1) is 0 Å². The molecule has 0 aliphatic rings. The van der Waals surface area contributed by atoms with E-state index < -0.39 is 20.8 Å². The van der Waals surface area contributed by atoms with Crippen LogP contribution in [0.1, 0.15) is 0 Å². The molecule has 0 aromatic rings. The summed E-state index contributed by atoms with van der Waals surface area (Å²) in [5.41, 5.74) is 0. The van der Waals surface area contributed by atoms with Gasteiger partial charge in [0, 0.05) is 0 Å². The minimum atomic E-state index is -2.17. The first-order valence-electron chi connectivity index (χ1n) is 2.18. The van der Waals surface area contributed by atoms with E-state index in [1.165, 1.54) is 0 Å². The van der Waals surface area contributed by atoms with E-state index in [1.807, 2.05) is 0 Å². The Bertz CT molecular complexity index is 80.1. The van der Waals surface area contributed by atoms with E-state index in [0.717, 1.165) is 0 Å². The molecular weight excluding hydrogens is 201 g/mol. The molecule has 0 aromatic heterocycles. The van der Waals surface area contributed by atoms with Crippen LogP contribution in [0.4, 0.5) is 4.79 Å². The molecule has 0 radical (unpaired) electrons. The average molecular weight is 208 g/mol. The van der Waals surface area contributed by atoms with Crippen molar-refractivity contribution in [3.63, 3.8) is 0 Å². The first-order chi connectivity index (χ1) is 5.20. The Balaban J connectivity index is -0.0000000450. The monoisotopic (exact) mass is 208 g/mol. The molecule has 13 heavy (non-hydrogen) atoms. The van der Waals surface area contributed by atoms with Crippen LogP contribution in [0.5, 0.6) is 0 Å². The van der Waals surface area contributed by atoms with Gasteiger partial charge in [-0.05, 0) is 0 Å². The fourth-order valence-electron chi connectivity index (χ4n) is 0. The van der Waals surface area contributed by atoms with Gasteiger partial charge in [-0.1, -0.05) is 0 Å². The van der Waals surface area contributed by atoms with Gasteiger partial charge in [-0.3, -0.25) is 0 Å². The standard InChI is InChI=1S/CH2O3.2BH3O3.Na/c3*2-1(3)4;/h(H2,2,3,4);2*2-4H;/q;;;+1/p-1. The number of hydrogen-bond acceptors (Lipinski definition) is 8. The Morgan fingerprint density at radius 1 is 0.923 bits per heavy atom. The molecule has 0 aromatic carbocycles. The predicted molar refractivity (Wildman–Crippen MR) is 32.8 cm³/mol. The summed E-state index contributed by atoms with van der Waals surface area (Å²) in [6, 6.07) is 0. The van der Waals surface area contributed by atoms with Crippen molar-refractivity contribution in [2.45, 2.75) is 0 Å². The molecule has 9 nitrogen and oxygen atoms in total. The number of carboxylic acid groups (broad SMARTS) is 2. The van der Waals surface area contributed by atoms with E-state index in [-0.39, 0.29) is 29.6 Å². The molecule has 7 N–H and O–H groups in total. The summed E-state index contributed by atoms with van der Waals surface area (Å²) in [6.07, 6.45) is -2.08. The molecule has 0 unspecified atom stereocenters. The van der Waals surface area contributed by atoms with Gasteiger partial charge >= 0.3 is 44.2 Å². The molecule has 0 saturated heterocycles. The zero-order valence-corrected chi connectivity index (χ0v) is 8.60. The van der Waals surface area contributed by atoms with Crippen molar-refractivity contribution in [2.24, 2.45) is 0 Å². The third kappa shape index (κ3) is 49100. The first kappa shape index (κ1) is 23.2. The van der Waals surface area contributed by atoms with Crippen LogP contribution in [0.2, 0.25) is 0 Å². The van der Waals surface area contributed by atoms with Crippen molar-refractivity contribution < 1.29 is 74.7 Å². The van der Waals surface area contributed by atoms with E-state index in [2.05, 4.69) is 0 Å². The smallest absolute Gasteiger partial charge is 0.565 e. The van der Waals surface area contributed by atoms with Crippen molar-refractivity contribution in [2.75, 3.05) is 0 Å².